The average molecular weight is 228 g/mol. The molecule has 5 nitrogen and oxygen atoms in total. The second-order valence-electron chi connectivity index (χ2n) is 3.66. The van der Waals surface area contributed by atoms with Crippen LogP contribution in [0.3, 0.4) is 0 Å². The van der Waals surface area contributed by atoms with Crippen LogP contribution in [0, 0.1) is 6.92 Å². The Morgan fingerprint density at radius 3 is 2.93 bits per heavy atom. The Kier molecular flexibility index (Phi) is 2.54. The quantitative estimate of drug-likeness (QED) is 0.688. The largest absolute Gasteiger partial charge is 0.462 e. The molecule has 1 unspecified atom stereocenters. The number of aryl methyl sites for hydroxylation is 1. The van der Waals surface area contributed by atoms with E-state index in [1.807, 2.05) is 13.0 Å². The Labute approximate surface area is 88.6 Å². The monoisotopic (exact) mass is 228 g/mol. The minimum absolute atomic E-state index is 0.277. The van der Waals surface area contributed by atoms with Crippen LogP contribution in [-0.4, -0.2) is 23.7 Å². The predicted octanol–water partition coefficient (Wildman–Crippen LogP) is 1.97. The fraction of sp³-hybridized carbons (Fsp3) is 0.444. The van der Waals surface area contributed by atoms with Gasteiger partial charge in [-0.1, -0.05) is 0 Å². The Morgan fingerprint density at radius 1 is 1.53 bits per heavy atom. The van der Waals surface area contributed by atoms with Crippen molar-refractivity contribution in [2.75, 3.05) is 14.1 Å². The van der Waals surface area contributed by atoms with E-state index < -0.39 is 7.75 Å². The molecule has 15 heavy (non-hydrogen) atoms. The zero-order valence-electron chi connectivity index (χ0n) is 8.93. The molecule has 1 aliphatic heterocycles. The number of pyridine rings is 1. The summed E-state index contributed by atoms with van der Waals surface area (Å²) >= 11 is 0. The summed E-state index contributed by atoms with van der Waals surface area (Å²) in [5.41, 5.74) is 1.87. The third-order valence-electron chi connectivity index (χ3n) is 2.14. The highest BCUT2D eigenvalue weighted by molar-refractivity contribution is 7.51. The molecule has 0 fully saturated rings. The highest BCUT2D eigenvalue weighted by Gasteiger charge is 2.35. The molecule has 82 valence electrons. The van der Waals surface area contributed by atoms with E-state index in [1.165, 1.54) is 4.67 Å². The van der Waals surface area contributed by atoms with Crippen molar-refractivity contribution in [3.05, 3.63) is 23.4 Å². The summed E-state index contributed by atoms with van der Waals surface area (Å²) in [4.78, 5) is 4.10. The normalized spacial score (nSPS) is 24.8. The lowest BCUT2D eigenvalue weighted by Gasteiger charge is -2.28. The standard InChI is InChI=1S/C9H13N2O3P/c1-7-4-8-6-13-15(12,11(2)3)14-9(8)10-5-7/h4-5H,6H2,1-3H3. The van der Waals surface area contributed by atoms with Crippen LogP contribution in [-0.2, 0) is 15.7 Å². The van der Waals surface area contributed by atoms with E-state index in [0.717, 1.165) is 11.1 Å². The maximum Gasteiger partial charge on any atom is 0.462 e. The molecule has 2 rings (SSSR count). The summed E-state index contributed by atoms with van der Waals surface area (Å²) in [6.07, 6.45) is 1.68. The molecule has 1 aliphatic rings. The highest BCUT2D eigenvalue weighted by atomic mass is 31.2. The molecule has 1 atom stereocenters. The number of fused-ring (bicyclic) bond motifs is 1. The van der Waals surface area contributed by atoms with Gasteiger partial charge in [-0.15, -0.1) is 0 Å². The van der Waals surface area contributed by atoms with Crippen molar-refractivity contribution in [3.63, 3.8) is 0 Å². The molecule has 0 aliphatic carbocycles. The number of hydrogen-bond acceptors (Lipinski definition) is 4. The smallest absolute Gasteiger partial charge is 0.394 e. The summed E-state index contributed by atoms with van der Waals surface area (Å²) in [7, 11) is 0.143. The molecule has 0 aromatic carbocycles. The predicted molar refractivity (Wildman–Crippen MR) is 55.7 cm³/mol. The van der Waals surface area contributed by atoms with E-state index in [0.29, 0.717) is 5.88 Å². The molecule has 0 amide bonds. The molecule has 1 aromatic rings. The van der Waals surface area contributed by atoms with Gasteiger partial charge in [0.1, 0.15) is 0 Å². The van der Waals surface area contributed by atoms with Crippen LogP contribution in [0.25, 0.3) is 0 Å². The van der Waals surface area contributed by atoms with Crippen molar-refractivity contribution in [2.45, 2.75) is 13.5 Å². The van der Waals surface area contributed by atoms with E-state index in [2.05, 4.69) is 4.98 Å². The fourth-order valence-electron chi connectivity index (χ4n) is 1.29. The van der Waals surface area contributed by atoms with Crippen molar-refractivity contribution in [1.82, 2.24) is 9.65 Å². The summed E-state index contributed by atoms with van der Waals surface area (Å²) < 4.78 is 24.0. The Bertz CT molecular complexity index is 433. The lowest BCUT2D eigenvalue weighted by Crippen LogP contribution is -2.19. The topological polar surface area (TPSA) is 51.7 Å². The van der Waals surface area contributed by atoms with Gasteiger partial charge in [-0.2, -0.15) is 0 Å². The summed E-state index contributed by atoms with van der Waals surface area (Å²) in [5, 5.41) is 0. The van der Waals surface area contributed by atoms with Gasteiger partial charge < -0.3 is 4.52 Å². The van der Waals surface area contributed by atoms with Gasteiger partial charge in [0.15, 0.2) is 0 Å². The summed E-state index contributed by atoms with van der Waals surface area (Å²) in [5.74, 6) is 0.406. The molecule has 0 N–H and O–H groups in total. The van der Waals surface area contributed by atoms with Crippen molar-refractivity contribution >= 4 is 7.75 Å². The van der Waals surface area contributed by atoms with E-state index in [4.69, 9.17) is 9.05 Å². The molecule has 2 heterocycles. The van der Waals surface area contributed by atoms with Crippen molar-refractivity contribution in [1.29, 1.82) is 0 Å². The molecular formula is C9H13N2O3P. The second-order valence-corrected chi connectivity index (χ2v) is 5.84. The average Bonchev–Trinajstić information content (AvgIpc) is 2.18. The number of hydrogen-bond donors (Lipinski definition) is 0. The Morgan fingerprint density at radius 2 is 2.27 bits per heavy atom. The maximum absolute atomic E-state index is 12.0. The van der Waals surface area contributed by atoms with Crippen LogP contribution < -0.4 is 4.52 Å². The SMILES string of the molecule is Cc1cnc2c(c1)COP(=O)(N(C)C)O2. The highest BCUT2D eigenvalue weighted by Crippen LogP contribution is 2.54. The molecular weight excluding hydrogens is 215 g/mol. The van der Waals surface area contributed by atoms with Crippen LogP contribution in [0.4, 0.5) is 0 Å². The van der Waals surface area contributed by atoms with Gasteiger partial charge >= 0.3 is 7.75 Å². The zero-order valence-corrected chi connectivity index (χ0v) is 9.82. The molecule has 0 saturated heterocycles. The van der Waals surface area contributed by atoms with Crippen molar-refractivity contribution in [2.24, 2.45) is 0 Å². The molecule has 0 saturated carbocycles. The first-order valence-electron chi connectivity index (χ1n) is 4.59. The zero-order chi connectivity index (χ0) is 11.1. The first-order valence-corrected chi connectivity index (χ1v) is 6.08. The summed E-state index contributed by atoms with van der Waals surface area (Å²) in [6, 6.07) is 1.92. The van der Waals surface area contributed by atoms with Crippen molar-refractivity contribution < 1.29 is 13.6 Å². The fourth-order valence-corrected chi connectivity index (χ4v) is 2.42. The van der Waals surface area contributed by atoms with Gasteiger partial charge in [0.2, 0.25) is 5.88 Å². The van der Waals surface area contributed by atoms with Gasteiger partial charge in [0.25, 0.3) is 0 Å². The van der Waals surface area contributed by atoms with E-state index in [-0.39, 0.29) is 6.61 Å². The molecule has 6 heteroatoms. The first-order chi connectivity index (χ1) is 7.01. The molecule has 1 aromatic heterocycles. The second kappa shape index (κ2) is 3.59. The van der Waals surface area contributed by atoms with Gasteiger partial charge in [-0.05, 0) is 32.6 Å². The van der Waals surface area contributed by atoms with Gasteiger partial charge in [-0.3, -0.25) is 4.52 Å². The Hall–Kier alpha value is -0.900. The van der Waals surface area contributed by atoms with Crippen molar-refractivity contribution in [3.8, 4) is 5.88 Å². The summed E-state index contributed by atoms with van der Waals surface area (Å²) in [6.45, 7) is 2.22. The van der Waals surface area contributed by atoms with Gasteiger partial charge in [-0.25, -0.2) is 14.2 Å². The minimum Gasteiger partial charge on any atom is -0.394 e. The molecule has 0 radical (unpaired) electrons. The molecule has 0 spiro atoms. The van der Waals surface area contributed by atoms with Crippen LogP contribution in [0.15, 0.2) is 12.3 Å². The third-order valence-corrected chi connectivity index (χ3v) is 3.98. The number of rotatable bonds is 1. The maximum atomic E-state index is 12.0. The first kappa shape index (κ1) is 10.6. The van der Waals surface area contributed by atoms with Crippen LogP contribution >= 0.6 is 7.75 Å². The third kappa shape index (κ3) is 1.91. The lowest BCUT2D eigenvalue weighted by molar-refractivity contribution is 0.194. The van der Waals surface area contributed by atoms with Crippen LogP contribution in [0.1, 0.15) is 11.1 Å². The van der Waals surface area contributed by atoms with E-state index in [9.17, 15) is 4.57 Å². The Balaban J connectivity index is 2.35. The van der Waals surface area contributed by atoms with E-state index >= 15 is 0 Å². The minimum atomic E-state index is -3.16. The van der Waals surface area contributed by atoms with Gasteiger partial charge in [0, 0.05) is 11.8 Å². The number of nitrogens with zero attached hydrogens (tertiary/aromatic N) is 2. The van der Waals surface area contributed by atoms with E-state index in [1.54, 1.807) is 20.3 Å². The molecule has 0 bridgehead atoms. The van der Waals surface area contributed by atoms with Crippen LogP contribution in [0.5, 0.6) is 5.88 Å². The lowest BCUT2D eigenvalue weighted by atomic mass is 10.2. The van der Waals surface area contributed by atoms with Crippen LogP contribution in [0.2, 0.25) is 0 Å². The van der Waals surface area contributed by atoms with Gasteiger partial charge in [0.05, 0.1) is 6.61 Å². The number of aromatic nitrogens is 1.